The minimum Gasteiger partial charge on any atom is -0.357 e. The van der Waals surface area contributed by atoms with E-state index in [1.165, 1.54) is 18.2 Å². The number of piperidine rings is 1. The molecule has 0 spiro atoms. The molecule has 28 heavy (non-hydrogen) atoms. The third-order valence-corrected chi connectivity index (χ3v) is 5.01. The lowest BCUT2D eigenvalue weighted by molar-refractivity contribution is -0.120. The number of pyridine rings is 1. The molecule has 2 N–H and O–H groups in total. The first kappa shape index (κ1) is 20.1. The maximum Gasteiger partial charge on any atom is 0.252 e. The minimum absolute atomic E-state index is 0.0187. The second kappa shape index (κ2) is 9.01. The number of hydrogen-bond donors (Lipinski definition) is 2. The molecule has 148 valence electrons. The van der Waals surface area contributed by atoms with Crippen LogP contribution in [-0.2, 0) is 4.79 Å². The topological polar surface area (TPSA) is 74.3 Å². The third kappa shape index (κ3) is 4.78. The summed E-state index contributed by atoms with van der Waals surface area (Å²) in [4.78, 5) is 30.7. The fourth-order valence-electron chi connectivity index (χ4n) is 3.16. The first-order chi connectivity index (χ1) is 13.5. The number of hydrogen-bond acceptors (Lipinski definition) is 4. The lowest BCUT2D eigenvalue weighted by Gasteiger charge is -2.32. The van der Waals surface area contributed by atoms with E-state index in [1.54, 1.807) is 12.3 Å². The van der Waals surface area contributed by atoms with Gasteiger partial charge in [0.1, 0.15) is 11.6 Å². The Morgan fingerprint density at radius 3 is 2.61 bits per heavy atom. The summed E-state index contributed by atoms with van der Waals surface area (Å²) < 4.78 is 13.2. The van der Waals surface area contributed by atoms with Gasteiger partial charge in [0, 0.05) is 37.4 Å². The molecule has 0 bridgehead atoms. The lowest BCUT2D eigenvalue weighted by atomic mass is 9.95. The Balaban J connectivity index is 1.54. The molecule has 8 heteroatoms. The smallest absolute Gasteiger partial charge is 0.252 e. The lowest BCUT2D eigenvalue weighted by Crippen LogP contribution is -2.38. The Morgan fingerprint density at radius 2 is 2.00 bits per heavy atom. The molecule has 1 aliphatic rings. The van der Waals surface area contributed by atoms with E-state index in [9.17, 15) is 14.0 Å². The van der Waals surface area contributed by atoms with Crippen LogP contribution in [0.25, 0.3) is 0 Å². The summed E-state index contributed by atoms with van der Waals surface area (Å²) in [5.41, 5.74) is 1.01. The summed E-state index contributed by atoms with van der Waals surface area (Å²) in [6.07, 6.45) is 2.93. The highest BCUT2D eigenvalue weighted by atomic mass is 35.5. The number of amides is 2. The fraction of sp³-hybridized carbons (Fsp3) is 0.350. The summed E-state index contributed by atoms with van der Waals surface area (Å²) in [5.74, 6) is -0.0923. The molecule has 1 aromatic carbocycles. The molecule has 1 aliphatic heterocycles. The van der Waals surface area contributed by atoms with E-state index in [0.717, 1.165) is 5.82 Å². The van der Waals surface area contributed by atoms with E-state index < -0.39 is 5.82 Å². The second-order valence-electron chi connectivity index (χ2n) is 6.64. The number of carbonyl (C=O) groups excluding carboxylic acids is 2. The third-order valence-electron chi connectivity index (χ3n) is 4.72. The van der Waals surface area contributed by atoms with E-state index >= 15 is 0 Å². The predicted molar refractivity (Wildman–Crippen MR) is 107 cm³/mol. The Labute approximate surface area is 168 Å². The van der Waals surface area contributed by atoms with Gasteiger partial charge in [0.2, 0.25) is 5.91 Å². The van der Waals surface area contributed by atoms with Crippen LogP contribution < -0.4 is 15.5 Å². The molecular formula is C20H22ClFN4O2. The zero-order valence-corrected chi connectivity index (χ0v) is 16.3. The van der Waals surface area contributed by atoms with Gasteiger partial charge in [0.05, 0.1) is 10.6 Å². The van der Waals surface area contributed by atoms with Crippen molar-refractivity contribution >= 4 is 34.9 Å². The molecule has 0 atom stereocenters. The van der Waals surface area contributed by atoms with Gasteiger partial charge in [0.15, 0.2) is 0 Å². The zero-order chi connectivity index (χ0) is 20.1. The van der Waals surface area contributed by atoms with Crippen LogP contribution in [0.15, 0.2) is 36.5 Å². The van der Waals surface area contributed by atoms with Gasteiger partial charge in [-0.25, -0.2) is 9.37 Å². The van der Waals surface area contributed by atoms with Crippen molar-refractivity contribution in [1.29, 1.82) is 0 Å². The molecule has 2 aromatic rings. The minimum atomic E-state index is -0.515. The number of aromatic nitrogens is 1. The van der Waals surface area contributed by atoms with Crippen LogP contribution in [-0.4, -0.2) is 36.4 Å². The van der Waals surface area contributed by atoms with Crippen LogP contribution in [0.3, 0.4) is 0 Å². The van der Waals surface area contributed by atoms with E-state index in [1.807, 2.05) is 13.0 Å². The zero-order valence-electron chi connectivity index (χ0n) is 15.5. The van der Waals surface area contributed by atoms with E-state index in [0.29, 0.717) is 43.7 Å². The van der Waals surface area contributed by atoms with Crippen LogP contribution in [0, 0.1) is 11.7 Å². The van der Waals surface area contributed by atoms with Gasteiger partial charge in [0.25, 0.3) is 5.91 Å². The van der Waals surface area contributed by atoms with Crippen LogP contribution in [0.5, 0.6) is 0 Å². The Hall–Kier alpha value is -2.67. The van der Waals surface area contributed by atoms with Crippen LogP contribution in [0.1, 0.15) is 30.1 Å². The molecule has 0 radical (unpaired) electrons. The van der Waals surface area contributed by atoms with E-state index in [2.05, 4.69) is 20.5 Å². The highest BCUT2D eigenvalue weighted by molar-refractivity contribution is 6.31. The maximum absolute atomic E-state index is 13.2. The Bertz CT molecular complexity index is 852. The van der Waals surface area contributed by atoms with Crippen molar-refractivity contribution in [2.75, 3.05) is 29.9 Å². The molecule has 2 amide bonds. The summed E-state index contributed by atoms with van der Waals surface area (Å²) in [6, 6.07) is 7.71. The molecule has 0 saturated carbocycles. The fourth-order valence-corrected chi connectivity index (χ4v) is 3.34. The standard InChI is InChI=1S/C20H22ClFN4O2/c1-2-23-19(27)14-3-6-18(24-12-14)26-9-7-13(8-10-26)20(28)25-15-4-5-17(22)16(21)11-15/h3-6,11-13H,2,7-10H2,1H3,(H,23,27)(H,25,28). The first-order valence-corrected chi connectivity index (χ1v) is 9.61. The molecular weight excluding hydrogens is 383 g/mol. The number of nitrogens with zero attached hydrogens (tertiary/aromatic N) is 2. The molecule has 0 unspecified atom stereocenters. The van der Waals surface area contributed by atoms with Crippen molar-refractivity contribution in [2.24, 2.45) is 5.92 Å². The summed E-state index contributed by atoms with van der Waals surface area (Å²) in [6.45, 7) is 3.82. The molecule has 1 fully saturated rings. The molecule has 1 saturated heterocycles. The molecule has 1 aromatic heterocycles. The molecule has 0 aliphatic carbocycles. The number of benzene rings is 1. The molecule has 3 rings (SSSR count). The van der Waals surface area contributed by atoms with Crippen molar-refractivity contribution in [2.45, 2.75) is 19.8 Å². The van der Waals surface area contributed by atoms with Crippen molar-refractivity contribution in [3.8, 4) is 0 Å². The summed E-state index contributed by atoms with van der Waals surface area (Å²) >= 11 is 5.75. The van der Waals surface area contributed by atoms with Gasteiger partial charge in [-0.05, 0) is 50.1 Å². The molecule has 2 heterocycles. The van der Waals surface area contributed by atoms with E-state index in [-0.39, 0.29) is 22.8 Å². The average Bonchev–Trinajstić information content (AvgIpc) is 2.71. The number of nitrogens with one attached hydrogen (secondary N) is 2. The van der Waals surface area contributed by atoms with Gasteiger partial charge in [-0.3, -0.25) is 9.59 Å². The van der Waals surface area contributed by atoms with Crippen molar-refractivity contribution in [3.63, 3.8) is 0 Å². The maximum atomic E-state index is 13.2. The normalized spacial score (nSPS) is 14.6. The molecule has 6 nitrogen and oxygen atoms in total. The van der Waals surface area contributed by atoms with Crippen molar-refractivity contribution < 1.29 is 14.0 Å². The van der Waals surface area contributed by atoms with Crippen molar-refractivity contribution in [1.82, 2.24) is 10.3 Å². The predicted octanol–water partition coefficient (Wildman–Crippen LogP) is 3.48. The highest BCUT2D eigenvalue weighted by Gasteiger charge is 2.26. The number of rotatable bonds is 5. The highest BCUT2D eigenvalue weighted by Crippen LogP contribution is 2.24. The van der Waals surface area contributed by atoms with Gasteiger partial charge >= 0.3 is 0 Å². The van der Waals surface area contributed by atoms with Gasteiger partial charge < -0.3 is 15.5 Å². The van der Waals surface area contributed by atoms with Crippen LogP contribution >= 0.6 is 11.6 Å². The second-order valence-corrected chi connectivity index (χ2v) is 7.05. The quantitative estimate of drug-likeness (QED) is 0.800. The van der Waals surface area contributed by atoms with Gasteiger partial charge in [-0.15, -0.1) is 0 Å². The Kier molecular flexibility index (Phi) is 6.46. The summed E-state index contributed by atoms with van der Waals surface area (Å²) in [5, 5.41) is 5.52. The first-order valence-electron chi connectivity index (χ1n) is 9.23. The largest absolute Gasteiger partial charge is 0.357 e. The summed E-state index contributed by atoms with van der Waals surface area (Å²) in [7, 11) is 0. The van der Waals surface area contributed by atoms with Crippen LogP contribution in [0.2, 0.25) is 5.02 Å². The number of anilines is 2. The number of carbonyl (C=O) groups is 2. The van der Waals surface area contributed by atoms with Gasteiger partial charge in [-0.1, -0.05) is 11.6 Å². The monoisotopic (exact) mass is 404 g/mol. The van der Waals surface area contributed by atoms with Gasteiger partial charge in [-0.2, -0.15) is 0 Å². The van der Waals surface area contributed by atoms with Crippen molar-refractivity contribution in [3.05, 3.63) is 52.9 Å². The Morgan fingerprint density at radius 1 is 1.25 bits per heavy atom. The van der Waals surface area contributed by atoms with Crippen LogP contribution in [0.4, 0.5) is 15.9 Å². The average molecular weight is 405 g/mol. The SMILES string of the molecule is CCNC(=O)c1ccc(N2CCC(C(=O)Nc3ccc(F)c(Cl)c3)CC2)nc1. The van der Waals surface area contributed by atoms with E-state index in [4.69, 9.17) is 11.6 Å². The number of halogens is 2.